The van der Waals surface area contributed by atoms with Gasteiger partial charge in [-0.2, -0.15) is 0 Å². The van der Waals surface area contributed by atoms with Gasteiger partial charge >= 0.3 is 0 Å². The Bertz CT molecular complexity index is 1030. The van der Waals surface area contributed by atoms with E-state index in [9.17, 15) is 14.0 Å². The summed E-state index contributed by atoms with van der Waals surface area (Å²) in [6.45, 7) is 2.69. The van der Waals surface area contributed by atoms with E-state index in [1.807, 2.05) is 6.92 Å². The second-order valence-electron chi connectivity index (χ2n) is 6.31. The number of H-pyrrole nitrogens is 1. The van der Waals surface area contributed by atoms with Gasteiger partial charge in [0.25, 0.3) is 5.56 Å². The van der Waals surface area contributed by atoms with E-state index in [0.717, 1.165) is 5.75 Å². The molecule has 3 rings (SSSR count). The maximum Gasteiger partial charge on any atom is 0.273 e. The number of rotatable bonds is 8. The Morgan fingerprint density at radius 3 is 2.66 bits per heavy atom. The van der Waals surface area contributed by atoms with Crippen molar-refractivity contribution in [1.29, 1.82) is 0 Å². The van der Waals surface area contributed by atoms with Crippen LogP contribution in [0.15, 0.2) is 53.3 Å². The third kappa shape index (κ3) is 5.71. The molecule has 2 N–H and O–H groups in total. The molecule has 0 fully saturated rings. The Morgan fingerprint density at radius 1 is 1.17 bits per heavy atom. The van der Waals surface area contributed by atoms with Crippen molar-refractivity contribution in [3.8, 4) is 17.1 Å². The highest BCUT2D eigenvalue weighted by Crippen LogP contribution is 2.18. The summed E-state index contributed by atoms with van der Waals surface area (Å²) in [7, 11) is 0. The molecular weight excluding hydrogens is 375 g/mol. The highest BCUT2D eigenvalue weighted by Gasteiger charge is 2.10. The molecule has 150 valence electrons. The van der Waals surface area contributed by atoms with E-state index in [4.69, 9.17) is 4.74 Å². The van der Waals surface area contributed by atoms with Crippen LogP contribution in [0.4, 0.5) is 4.39 Å². The van der Waals surface area contributed by atoms with E-state index in [1.54, 1.807) is 36.4 Å². The van der Waals surface area contributed by atoms with Crippen LogP contribution in [-0.4, -0.2) is 27.7 Å². The third-order valence-electron chi connectivity index (χ3n) is 4.17. The predicted molar refractivity (Wildman–Crippen MR) is 106 cm³/mol. The van der Waals surface area contributed by atoms with E-state index in [0.29, 0.717) is 23.6 Å². The number of halogens is 1. The van der Waals surface area contributed by atoms with Gasteiger partial charge in [0, 0.05) is 24.9 Å². The molecule has 0 saturated carbocycles. The molecule has 0 spiro atoms. The summed E-state index contributed by atoms with van der Waals surface area (Å²) < 4.78 is 18.5. The highest BCUT2D eigenvalue weighted by molar-refractivity contribution is 5.76. The van der Waals surface area contributed by atoms with Crippen molar-refractivity contribution in [3.63, 3.8) is 0 Å². The number of nitrogens with zero attached hydrogens (tertiary/aromatic N) is 2. The molecule has 0 bridgehead atoms. The second-order valence-corrected chi connectivity index (χ2v) is 6.31. The highest BCUT2D eigenvalue weighted by atomic mass is 19.1. The number of carbonyl (C=O) groups excluding carboxylic acids is 1. The van der Waals surface area contributed by atoms with Gasteiger partial charge in [-0.15, -0.1) is 10.2 Å². The lowest BCUT2D eigenvalue weighted by molar-refractivity contribution is -0.121. The molecule has 8 heteroatoms. The lowest BCUT2D eigenvalue weighted by atomic mass is 10.2. The second kappa shape index (κ2) is 9.59. The van der Waals surface area contributed by atoms with Gasteiger partial charge < -0.3 is 15.0 Å². The van der Waals surface area contributed by atoms with Crippen molar-refractivity contribution < 1.29 is 13.9 Å². The Labute approximate surface area is 167 Å². The summed E-state index contributed by atoms with van der Waals surface area (Å²) in [4.78, 5) is 26.9. The number of carbonyl (C=O) groups is 1. The molecule has 0 aliphatic heterocycles. The van der Waals surface area contributed by atoms with Gasteiger partial charge in [0.15, 0.2) is 5.82 Å². The summed E-state index contributed by atoms with van der Waals surface area (Å²) in [6.07, 6.45) is 0.232. The Hall–Kier alpha value is -3.55. The van der Waals surface area contributed by atoms with Gasteiger partial charge in [0.1, 0.15) is 17.3 Å². The number of nitrogens with one attached hydrogen (secondary N) is 2. The minimum Gasteiger partial charge on any atom is -0.494 e. The summed E-state index contributed by atoms with van der Waals surface area (Å²) in [5.74, 6) is 0.460. The lowest BCUT2D eigenvalue weighted by Gasteiger charge is -2.06. The molecule has 0 unspecified atom stereocenters. The molecule has 29 heavy (non-hydrogen) atoms. The van der Waals surface area contributed by atoms with E-state index < -0.39 is 0 Å². The minimum atomic E-state index is -0.387. The number of aryl methyl sites for hydroxylation is 1. The smallest absolute Gasteiger partial charge is 0.273 e. The van der Waals surface area contributed by atoms with Crippen molar-refractivity contribution in [2.24, 2.45) is 0 Å². The van der Waals surface area contributed by atoms with Gasteiger partial charge in [-0.05, 0) is 48.9 Å². The van der Waals surface area contributed by atoms with E-state index in [-0.39, 0.29) is 42.4 Å². The summed E-state index contributed by atoms with van der Waals surface area (Å²) in [5.41, 5.74) is 1.16. The number of aromatic amines is 1. The zero-order chi connectivity index (χ0) is 20.6. The van der Waals surface area contributed by atoms with Gasteiger partial charge in [-0.3, -0.25) is 9.59 Å². The molecule has 1 aromatic heterocycles. The van der Waals surface area contributed by atoms with E-state index in [1.165, 1.54) is 12.1 Å². The summed E-state index contributed by atoms with van der Waals surface area (Å²) in [5, 5.41) is 10.7. The van der Waals surface area contributed by atoms with Crippen molar-refractivity contribution in [2.75, 3.05) is 6.61 Å². The molecule has 2 aromatic carbocycles. The monoisotopic (exact) mass is 396 g/mol. The molecule has 1 heterocycles. The average molecular weight is 396 g/mol. The molecule has 0 saturated heterocycles. The van der Waals surface area contributed by atoms with Crippen LogP contribution in [0.1, 0.15) is 24.6 Å². The standard InChI is InChI=1S/C21H21FN4O3/c1-2-29-17-8-6-15(7-9-17)20-24-21(28)18(25-26-20)10-11-19(27)23-13-14-4-3-5-16(22)12-14/h3-9,12H,2,10-11,13H2,1H3,(H,23,27)(H,24,26,28). The molecule has 0 aliphatic rings. The van der Waals surface area contributed by atoms with Crippen molar-refractivity contribution >= 4 is 5.91 Å². The van der Waals surface area contributed by atoms with E-state index >= 15 is 0 Å². The first kappa shape index (κ1) is 20.2. The zero-order valence-corrected chi connectivity index (χ0v) is 15.9. The topological polar surface area (TPSA) is 97.0 Å². The predicted octanol–water partition coefficient (Wildman–Crippen LogP) is 2.62. The Kier molecular flexibility index (Phi) is 6.67. The first-order valence-corrected chi connectivity index (χ1v) is 9.25. The number of hydrogen-bond donors (Lipinski definition) is 2. The average Bonchev–Trinajstić information content (AvgIpc) is 2.72. The zero-order valence-electron chi connectivity index (χ0n) is 15.9. The Morgan fingerprint density at radius 2 is 1.97 bits per heavy atom. The van der Waals surface area contributed by atoms with Crippen LogP contribution >= 0.6 is 0 Å². The normalized spacial score (nSPS) is 10.6. The van der Waals surface area contributed by atoms with Crippen LogP contribution in [0.25, 0.3) is 11.4 Å². The number of hydrogen-bond acceptors (Lipinski definition) is 5. The van der Waals surface area contributed by atoms with Gasteiger partial charge in [-0.1, -0.05) is 12.1 Å². The quantitative estimate of drug-likeness (QED) is 0.610. The van der Waals surface area contributed by atoms with Crippen LogP contribution in [0.3, 0.4) is 0 Å². The molecule has 0 radical (unpaired) electrons. The number of amides is 1. The first-order chi connectivity index (χ1) is 14.0. The maximum absolute atomic E-state index is 13.1. The van der Waals surface area contributed by atoms with Crippen LogP contribution in [-0.2, 0) is 17.8 Å². The van der Waals surface area contributed by atoms with Gasteiger partial charge in [0.05, 0.1) is 6.61 Å². The molecular formula is C21H21FN4O3. The first-order valence-electron chi connectivity index (χ1n) is 9.25. The summed E-state index contributed by atoms with van der Waals surface area (Å²) >= 11 is 0. The van der Waals surface area contributed by atoms with Crippen LogP contribution in [0.5, 0.6) is 5.75 Å². The largest absolute Gasteiger partial charge is 0.494 e. The van der Waals surface area contributed by atoms with Crippen LogP contribution in [0, 0.1) is 5.82 Å². The number of ether oxygens (including phenoxy) is 1. The molecule has 0 aliphatic carbocycles. The number of benzene rings is 2. The SMILES string of the molecule is CCOc1ccc(-c2nnc(CCC(=O)NCc3cccc(F)c3)c(=O)[nH]2)cc1. The van der Waals surface area contributed by atoms with Crippen LogP contribution < -0.4 is 15.6 Å². The van der Waals surface area contributed by atoms with Gasteiger partial charge in [0.2, 0.25) is 5.91 Å². The van der Waals surface area contributed by atoms with Crippen molar-refractivity contribution in [3.05, 3.63) is 76.0 Å². The minimum absolute atomic E-state index is 0.0788. The molecule has 7 nitrogen and oxygen atoms in total. The molecule has 0 atom stereocenters. The third-order valence-corrected chi connectivity index (χ3v) is 4.17. The van der Waals surface area contributed by atoms with Crippen molar-refractivity contribution in [2.45, 2.75) is 26.3 Å². The fourth-order valence-corrected chi connectivity index (χ4v) is 2.70. The van der Waals surface area contributed by atoms with Crippen LogP contribution in [0.2, 0.25) is 0 Å². The molecule has 1 amide bonds. The number of aromatic nitrogens is 3. The van der Waals surface area contributed by atoms with E-state index in [2.05, 4.69) is 20.5 Å². The lowest BCUT2D eigenvalue weighted by Crippen LogP contribution is -2.25. The van der Waals surface area contributed by atoms with Crippen molar-refractivity contribution in [1.82, 2.24) is 20.5 Å². The molecule has 3 aromatic rings. The Balaban J connectivity index is 1.56. The fourth-order valence-electron chi connectivity index (χ4n) is 2.70. The maximum atomic E-state index is 13.1. The summed E-state index contributed by atoms with van der Waals surface area (Å²) in [6, 6.07) is 13.1. The fraction of sp³-hybridized carbons (Fsp3) is 0.238. The van der Waals surface area contributed by atoms with Gasteiger partial charge in [-0.25, -0.2) is 4.39 Å².